The Balaban J connectivity index is 2.27. The van der Waals surface area contributed by atoms with Crippen molar-refractivity contribution < 1.29 is 9.53 Å². The molecule has 0 amide bonds. The predicted octanol–water partition coefficient (Wildman–Crippen LogP) is 3.05. The van der Waals surface area contributed by atoms with Crippen LogP contribution in [0.25, 0.3) is 22.2 Å². The van der Waals surface area contributed by atoms with Crippen molar-refractivity contribution in [2.24, 2.45) is 0 Å². The summed E-state index contributed by atoms with van der Waals surface area (Å²) < 4.78 is 5.36. The molecular formula is C15H12N2O2. The summed E-state index contributed by atoms with van der Waals surface area (Å²) in [6.07, 6.45) is 2.28. The summed E-state index contributed by atoms with van der Waals surface area (Å²) in [5.41, 5.74) is 1.42. The first-order valence-corrected chi connectivity index (χ1v) is 5.90. The molecule has 0 bridgehead atoms. The van der Waals surface area contributed by atoms with Gasteiger partial charge in [-0.2, -0.15) is 0 Å². The molecule has 3 aromatic rings. The fourth-order valence-corrected chi connectivity index (χ4v) is 2.19. The van der Waals surface area contributed by atoms with Gasteiger partial charge in [-0.25, -0.2) is 4.98 Å². The quantitative estimate of drug-likeness (QED) is 0.729. The van der Waals surface area contributed by atoms with Gasteiger partial charge in [0, 0.05) is 10.9 Å². The molecule has 1 aromatic heterocycles. The van der Waals surface area contributed by atoms with E-state index in [-0.39, 0.29) is 0 Å². The zero-order valence-electron chi connectivity index (χ0n) is 10.4. The van der Waals surface area contributed by atoms with Crippen LogP contribution >= 0.6 is 0 Å². The maximum absolute atomic E-state index is 10.7. The van der Waals surface area contributed by atoms with Crippen molar-refractivity contribution >= 4 is 17.1 Å². The molecular weight excluding hydrogens is 240 g/mol. The number of H-pyrrole nitrogens is 1. The van der Waals surface area contributed by atoms with E-state index < -0.39 is 0 Å². The Morgan fingerprint density at radius 2 is 1.95 bits per heavy atom. The maximum atomic E-state index is 10.7. The van der Waals surface area contributed by atoms with Gasteiger partial charge >= 0.3 is 0 Å². The van der Waals surface area contributed by atoms with Crippen LogP contribution in [0.2, 0.25) is 0 Å². The number of imidazole rings is 1. The number of carbonyl (C=O) groups is 1. The highest BCUT2D eigenvalue weighted by atomic mass is 16.5. The second-order valence-electron chi connectivity index (χ2n) is 4.17. The fraction of sp³-hybridized carbons (Fsp3) is 0.0667. The molecule has 3 rings (SSSR count). The normalized spacial score (nSPS) is 10.6. The van der Waals surface area contributed by atoms with Crippen molar-refractivity contribution in [1.29, 1.82) is 0 Å². The number of methoxy groups -OCH3 is 1. The first-order valence-electron chi connectivity index (χ1n) is 5.90. The summed E-state index contributed by atoms with van der Waals surface area (Å²) >= 11 is 0. The highest BCUT2D eigenvalue weighted by Gasteiger charge is 2.10. The molecule has 0 aliphatic heterocycles. The predicted molar refractivity (Wildman–Crippen MR) is 73.5 cm³/mol. The van der Waals surface area contributed by atoms with Gasteiger partial charge in [-0.1, -0.05) is 24.3 Å². The summed E-state index contributed by atoms with van der Waals surface area (Å²) in [5, 5.41) is 2.06. The van der Waals surface area contributed by atoms with Crippen molar-refractivity contribution in [2.75, 3.05) is 7.11 Å². The molecule has 0 saturated heterocycles. The highest BCUT2D eigenvalue weighted by Crippen LogP contribution is 2.32. The van der Waals surface area contributed by atoms with E-state index in [4.69, 9.17) is 4.74 Å². The number of hydrogen-bond acceptors (Lipinski definition) is 3. The molecule has 4 heteroatoms. The van der Waals surface area contributed by atoms with Crippen LogP contribution in [0.3, 0.4) is 0 Å². The Morgan fingerprint density at radius 3 is 2.63 bits per heavy atom. The van der Waals surface area contributed by atoms with E-state index >= 15 is 0 Å². The largest absolute Gasteiger partial charge is 0.496 e. The van der Waals surface area contributed by atoms with Crippen molar-refractivity contribution in [2.45, 2.75) is 0 Å². The number of nitrogens with zero attached hydrogens (tertiary/aromatic N) is 1. The molecule has 1 N–H and O–H groups in total. The minimum atomic E-state index is 0.467. The number of aromatic amines is 1. The van der Waals surface area contributed by atoms with Crippen LogP contribution in [-0.2, 0) is 0 Å². The second-order valence-corrected chi connectivity index (χ2v) is 4.17. The molecule has 1 heterocycles. The number of benzene rings is 2. The number of fused-ring (bicyclic) bond motifs is 1. The third-order valence-corrected chi connectivity index (χ3v) is 3.08. The van der Waals surface area contributed by atoms with Crippen LogP contribution in [0.15, 0.2) is 42.6 Å². The monoisotopic (exact) mass is 252 g/mol. The summed E-state index contributed by atoms with van der Waals surface area (Å²) in [4.78, 5) is 17.9. The zero-order chi connectivity index (χ0) is 13.2. The molecule has 19 heavy (non-hydrogen) atoms. The first kappa shape index (κ1) is 11.5. The minimum Gasteiger partial charge on any atom is -0.496 e. The summed E-state index contributed by atoms with van der Waals surface area (Å²) in [6, 6.07) is 11.8. The molecule has 0 aliphatic rings. The van der Waals surface area contributed by atoms with E-state index in [9.17, 15) is 4.79 Å². The van der Waals surface area contributed by atoms with Crippen molar-refractivity contribution in [1.82, 2.24) is 9.97 Å². The third-order valence-electron chi connectivity index (χ3n) is 3.08. The number of rotatable bonds is 3. The van der Waals surface area contributed by atoms with Crippen LogP contribution in [0, 0.1) is 0 Å². The molecule has 0 spiro atoms. The Hall–Kier alpha value is -2.62. The molecule has 0 unspecified atom stereocenters. The lowest BCUT2D eigenvalue weighted by atomic mass is 10.0. The van der Waals surface area contributed by atoms with E-state index in [1.165, 1.54) is 6.20 Å². The smallest absolute Gasteiger partial charge is 0.167 e. The van der Waals surface area contributed by atoms with E-state index in [0.29, 0.717) is 11.5 Å². The van der Waals surface area contributed by atoms with Gasteiger partial charge < -0.3 is 9.72 Å². The summed E-state index contributed by atoms with van der Waals surface area (Å²) in [5.74, 6) is 1.50. The summed E-state index contributed by atoms with van der Waals surface area (Å²) in [6.45, 7) is 0. The number of aldehydes is 1. The van der Waals surface area contributed by atoms with Gasteiger partial charge in [0.15, 0.2) is 6.29 Å². The van der Waals surface area contributed by atoms with Crippen LogP contribution in [0.4, 0.5) is 0 Å². The van der Waals surface area contributed by atoms with Gasteiger partial charge in [0.05, 0.1) is 19.0 Å². The number of nitrogens with one attached hydrogen (secondary N) is 1. The first-order chi connectivity index (χ1) is 9.33. The Kier molecular flexibility index (Phi) is 2.76. The van der Waals surface area contributed by atoms with Crippen LogP contribution in [0.5, 0.6) is 5.75 Å². The molecule has 0 saturated carbocycles. The molecule has 94 valence electrons. The van der Waals surface area contributed by atoms with Crippen molar-refractivity contribution in [3.8, 4) is 17.1 Å². The van der Waals surface area contributed by atoms with Crippen LogP contribution in [0.1, 0.15) is 10.5 Å². The number of aromatic nitrogens is 2. The summed E-state index contributed by atoms with van der Waals surface area (Å²) in [7, 11) is 1.65. The molecule has 2 aromatic carbocycles. The topological polar surface area (TPSA) is 55.0 Å². The third kappa shape index (κ3) is 1.87. The average molecular weight is 252 g/mol. The maximum Gasteiger partial charge on any atom is 0.167 e. The average Bonchev–Trinajstić information content (AvgIpc) is 2.95. The molecule has 0 fully saturated rings. The number of carbonyl (C=O) groups excluding carboxylic acids is 1. The zero-order valence-corrected chi connectivity index (χ0v) is 10.4. The van der Waals surface area contributed by atoms with Gasteiger partial charge in [-0.05, 0) is 17.5 Å². The number of hydrogen-bond donors (Lipinski definition) is 1. The molecule has 0 aliphatic carbocycles. The molecule has 4 nitrogen and oxygen atoms in total. The molecule has 0 atom stereocenters. The van der Waals surface area contributed by atoms with E-state index in [1.807, 2.05) is 36.4 Å². The lowest BCUT2D eigenvalue weighted by molar-refractivity contribution is 0.111. The SMILES string of the molecule is COc1ccc(-c2ncc(C=O)[nH]2)c2ccccc12. The Labute approximate surface area is 110 Å². The van der Waals surface area contributed by atoms with E-state index in [1.54, 1.807) is 7.11 Å². The minimum absolute atomic E-state index is 0.467. The van der Waals surface area contributed by atoms with Crippen molar-refractivity contribution in [3.63, 3.8) is 0 Å². The van der Waals surface area contributed by atoms with Gasteiger partial charge in [-0.3, -0.25) is 4.79 Å². The Morgan fingerprint density at radius 1 is 1.16 bits per heavy atom. The molecule has 0 radical (unpaired) electrons. The van der Waals surface area contributed by atoms with Gasteiger partial charge in [0.2, 0.25) is 0 Å². The number of ether oxygens (including phenoxy) is 1. The van der Waals surface area contributed by atoms with Gasteiger partial charge in [0.1, 0.15) is 11.6 Å². The van der Waals surface area contributed by atoms with Crippen molar-refractivity contribution in [3.05, 3.63) is 48.3 Å². The van der Waals surface area contributed by atoms with Crippen LogP contribution < -0.4 is 4.74 Å². The van der Waals surface area contributed by atoms with Gasteiger partial charge in [0.25, 0.3) is 0 Å². The lowest BCUT2D eigenvalue weighted by Gasteiger charge is -2.08. The Bertz CT molecular complexity index is 747. The lowest BCUT2D eigenvalue weighted by Crippen LogP contribution is -1.89. The van der Waals surface area contributed by atoms with Gasteiger partial charge in [-0.15, -0.1) is 0 Å². The van der Waals surface area contributed by atoms with Crippen LogP contribution in [-0.4, -0.2) is 23.4 Å². The van der Waals surface area contributed by atoms with E-state index in [0.717, 1.165) is 28.4 Å². The second kappa shape index (κ2) is 4.57. The highest BCUT2D eigenvalue weighted by molar-refractivity contribution is 5.99. The fourth-order valence-electron chi connectivity index (χ4n) is 2.19. The standard InChI is InChI=1S/C15H12N2O2/c1-19-14-7-6-13(11-4-2-3-5-12(11)14)15-16-8-10(9-18)17-15/h2-9H,1H3,(H,16,17). The van der Waals surface area contributed by atoms with E-state index in [2.05, 4.69) is 9.97 Å².